The molecule has 0 amide bonds. The number of aliphatic hydroxyl groups is 3. The Morgan fingerprint density at radius 1 is 0.742 bits per heavy atom. The molecule has 0 aromatic carbocycles. The molecule has 2 saturated heterocycles. The molecule has 0 spiro atoms. The van der Waals surface area contributed by atoms with Gasteiger partial charge in [-0.2, -0.15) is 0 Å². The highest BCUT2D eigenvalue weighted by molar-refractivity contribution is 5.13. The van der Waals surface area contributed by atoms with E-state index < -0.39 is 0 Å². The van der Waals surface area contributed by atoms with E-state index >= 15 is 0 Å². The Hall–Kier alpha value is -0.160. The van der Waals surface area contributed by atoms with Gasteiger partial charge in [0.1, 0.15) is 0 Å². The first-order valence-electron chi connectivity index (χ1n) is 13.6. The van der Waals surface area contributed by atoms with E-state index in [4.69, 9.17) is 0 Å². The molecule has 0 aromatic heterocycles. The number of hydrogen-bond acceptors (Lipinski definition) is 4. The topological polar surface area (TPSA) is 63.9 Å². The highest BCUT2D eigenvalue weighted by Gasteiger charge is 2.64. The van der Waals surface area contributed by atoms with Crippen molar-refractivity contribution < 1.29 is 15.3 Å². The number of fused-ring (bicyclic) bond motifs is 8. The average Bonchev–Trinajstić information content (AvgIpc) is 3.12. The number of aliphatic hydroxyl groups excluding tert-OH is 3. The number of rotatable bonds is 0. The van der Waals surface area contributed by atoms with Crippen LogP contribution in [0.4, 0.5) is 0 Å². The van der Waals surface area contributed by atoms with Gasteiger partial charge in [-0.15, -0.1) is 0 Å². The summed E-state index contributed by atoms with van der Waals surface area (Å²) in [6.07, 6.45) is 7.79. The van der Waals surface area contributed by atoms with Gasteiger partial charge in [-0.3, -0.25) is 4.90 Å². The van der Waals surface area contributed by atoms with Crippen molar-refractivity contribution in [3.05, 3.63) is 0 Å². The molecule has 14 atom stereocenters. The standard InChI is InChI=1S/C27H45NO3/c1-14-4-5-23-15(2)17-10-25(31)26-18(20(17)13-28(23)12-14)9-21-19(26)11-24(30)22-8-16(29)6-7-27(21,22)3/h14-26,29-31H,4-13H2,1-3H3/t14-,15+,16+,17+,18-,19+,20+,21-,22+,23-,24+,25?,26?,27+/m0/s1. The summed E-state index contributed by atoms with van der Waals surface area (Å²) < 4.78 is 0. The molecule has 6 fully saturated rings. The van der Waals surface area contributed by atoms with Crippen LogP contribution in [0, 0.1) is 58.7 Å². The van der Waals surface area contributed by atoms with E-state index in [1.807, 2.05) is 0 Å². The lowest BCUT2D eigenvalue weighted by Crippen LogP contribution is -2.60. The van der Waals surface area contributed by atoms with Crippen LogP contribution in [0.1, 0.15) is 72.1 Å². The van der Waals surface area contributed by atoms with Crippen molar-refractivity contribution in [3.63, 3.8) is 0 Å². The zero-order valence-electron chi connectivity index (χ0n) is 19.9. The van der Waals surface area contributed by atoms with Crippen LogP contribution in [-0.2, 0) is 0 Å². The van der Waals surface area contributed by atoms with E-state index in [0.29, 0.717) is 35.5 Å². The average molecular weight is 432 g/mol. The minimum atomic E-state index is -0.303. The third-order valence-corrected chi connectivity index (χ3v) is 12.0. The lowest BCUT2D eigenvalue weighted by molar-refractivity contribution is -0.142. The Bertz CT molecular complexity index is 700. The van der Waals surface area contributed by atoms with Crippen molar-refractivity contribution in [1.29, 1.82) is 0 Å². The molecule has 3 N–H and O–H groups in total. The van der Waals surface area contributed by atoms with E-state index in [-0.39, 0.29) is 29.6 Å². The van der Waals surface area contributed by atoms with Gasteiger partial charge >= 0.3 is 0 Å². The second-order valence-electron chi connectivity index (χ2n) is 13.3. The van der Waals surface area contributed by atoms with E-state index in [1.54, 1.807) is 0 Å². The lowest BCUT2D eigenvalue weighted by Gasteiger charge is -2.57. The van der Waals surface area contributed by atoms with Gasteiger partial charge in [0.2, 0.25) is 0 Å². The van der Waals surface area contributed by atoms with Crippen LogP contribution >= 0.6 is 0 Å². The molecule has 4 aliphatic carbocycles. The fraction of sp³-hybridized carbons (Fsp3) is 1.00. The van der Waals surface area contributed by atoms with Gasteiger partial charge in [0.05, 0.1) is 18.3 Å². The lowest BCUT2D eigenvalue weighted by atomic mass is 9.51. The zero-order chi connectivity index (χ0) is 21.7. The van der Waals surface area contributed by atoms with Gasteiger partial charge in [0.15, 0.2) is 0 Å². The van der Waals surface area contributed by atoms with Crippen molar-refractivity contribution in [3.8, 4) is 0 Å². The fourth-order valence-electron chi connectivity index (χ4n) is 10.6. The molecule has 6 aliphatic rings. The predicted octanol–water partition coefficient (Wildman–Crippen LogP) is 3.53. The molecule has 2 aliphatic heterocycles. The third kappa shape index (κ3) is 3.07. The molecule has 6 rings (SSSR count). The maximum atomic E-state index is 11.5. The Kier molecular flexibility index (Phi) is 5.12. The maximum Gasteiger partial charge on any atom is 0.0577 e. The van der Waals surface area contributed by atoms with Crippen LogP contribution in [-0.4, -0.2) is 57.7 Å². The van der Waals surface area contributed by atoms with Gasteiger partial charge < -0.3 is 15.3 Å². The van der Waals surface area contributed by atoms with E-state index in [9.17, 15) is 15.3 Å². The molecule has 176 valence electrons. The Morgan fingerprint density at radius 2 is 1.52 bits per heavy atom. The van der Waals surface area contributed by atoms with Crippen LogP contribution in [0.2, 0.25) is 0 Å². The second-order valence-corrected chi connectivity index (χ2v) is 13.3. The minimum Gasteiger partial charge on any atom is -0.393 e. The first-order valence-corrected chi connectivity index (χ1v) is 13.6. The van der Waals surface area contributed by atoms with Gasteiger partial charge in [-0.1, -0.05) is 20.8 Å². The Morgan fingerprint density at radius 3 is 2.32 bits per heavy atom. The van der Waals surface area contributed by atoms with Crippen molar-refractivity contribution in [1.82, 2.24) is 4.90 Å². The predicted molar refractivity (Wildman–Crippen MR) is 121 cm³/mol. The fourth-order valence-corrected chi connectivity index (χ4v) is 10.6. The molecule has 4 saturated carbocycles. The van der Waals surface area contributed by atoms with Gasteiger partial charge in [-0.05, 0) is 110 Å². The van der Waals surface area contributed by atoms with Gasteiger partial charge in [0, 0.05) is 19.1 Å². The summed E-state index contributed by atoms with van der Waals surface area (Å²) in [4.78, 5) is 2.84. The summed E-state index contributed by atoms with van der Waals surface area (Å²) >= 11 is 0. The normalized spacial score (nSPS) is 61.5. The quantitative estimate of drug-likeness (QED) is 0.549. The summed E-state index contributed by atoms with van der Waals surface area (Å²) in [5.41, 5.74) is 0.135. The smallest absolute Gasteiger partial charge is 0.0577 e. The monoisotopic (exact) mass is 431 g/mol. The van der Waals surface area contributed by atoms with Crippen LogP contribution in [0.3, 0.4) is 0 Å². The maximum absolute atomic E-state index is 11.5. The molecule has 0 aromatic rings. The van der Waals surface area contributed by atoms with Crippen molar-refractivity contribution in [2.45, 2.75) is 96.5 Å². The summed E-state index contributed by atoms with van der Waals surface area (Å²) in [6, 6.07) is 0.730. The molecular weight excluding hydrogens is 386 g/mol. The summed E-state index contributed by atoms with van der Waals surface area (Å²) in [6.45, 7) is 9.85. The van der Waals surface area contributed by atoms with Crippen LogP contribution in [0.5, 0.6) is 0 Å². The Balaban J connectivity index is 1.31. The highest BCUT2D eigenvalue weighted by Crippen LogP contribution is 2.67. The van der Waals surface area contributed by atoms with Gasteiger partial charge in [-0.25, -0.2) is 0 Å². The second kappa shape index (κ2) is 7.42. The highest BCUT2D eigenvalue weighted by atomic mass is 16.3. The molecule has 4 nitrogen and oxygen atoms in total. The first-order chi connectivity index (χ1) is 14.8. The van der Waals surface area contributed by atoms with Crippen molar-refractivity contribution in [2.24, 2.45) is 58.7 Å². The first kappa shape index (κ1) is 21.4. The number of nitrogens with zero attached hydrogens (tertiary/aromatic N) is 1. The zero-order valence-corrected chi connectivity index (χ0v) is 19.9. The largest absolute Gasteiger partial charge is 0.393 e. The van der Waals surface area contributed by atoms with Gasteiger partial charge in [0.25, 0.3) is 0 Å². The number of hydrogen-bond donors (Lipinski definition) is 3. The van der Waals surface area contributed by atoms with E-state index in [2.05, 4.69) is 25.7 Å². The SMILES string of the molecule is C[C@H]1CC[C@H]2[C@H](C)[C@H]3CC(O)C4[C@@H](C[C@H]5[C@H]4C[C@@H](O)[C@H]4C[C@H](O)CC[C@@]45C)[C@@H]3CN2C1. The molecule has 4 heteroatoms. The van der Waals surface area contributed by atoms with Crippen LogP contribution in [0.25, 0.3) is 0 Å². The third-order valence-electron chi connectivity index (χ3n) is 12.0. The molecule has 0 bridgehead atoms. The Labute approximate surface area is 188 Å². The van der Waals surface area contributed by atoms with Crippen molar-refractivity contribution >= 4 is 0 Å². The van der Waals surface area contributed by atoms with E-state index in [0.717, 1.165) is 50.0 Å². The molecule has 31 heavy (non-hydrogen) atoms. The summed E-state index contributed by atoms with van der Waals surface area (Å²) in [5, 5.41) is 33.0. The summed E-state index contributed by atoms with van der Waals surface area (Å²) in [5.74, 6) is 5.25. The minimum absolute atomic E-state index is 0.135. The number of piperidine rings is 2. The molecular formula is C27H45NO3. The molecule has 0 radical (unpaired) electrons. The molecule has 2 heterocycles. The summed E-state index contributed by atoms with van der Waals surface area (Å²) in [7, 11) is 0. The van der Waals surface area contributed by atoms with Crippen LogP contribution in [0.15, 0.2) is 0 Å². The van der Waals surface area contributed by atoms with Crippen molar-refractivity contribution in [2.75, 3.05) is 13.1 Å². The molecule has 2 unspecified atom stereocenters. The van der Waals surface area contributed by atoms with E-state index in [1.165, 1.54) is 32.4 Å². The van der Waals surface area contributed by atoms with Crippen LogP contribution < -0.4 is 0 Å².